The van der Waals surface area contributed by atoms with Crippen molar-refractivity contribution in [2.75, 3.05) is 13.7 Å². The van der Waals surface area contributed by atoms with E-state index in [4.69, 9.17) is 10.5 Å². The molecule has 0 spiro atoms. The molecule has 2 aromatic carbocycles. The molecule has 0 aliphatic rings. The molecule has 0 bridgehead atoms. The largest absolute Gasteiger partial charge is 0.488 e. The summed E-state index contributed by atoms with van der Waals surface area (Å²) in [5, 5.41) is 21.1. The molecule has 144 valence electrons. The van der Waals surface area contributed by atoms with Crippen LogP contribution < -0.4 is 11.2 Å². The quantitative estimate of drug-likeness (QED) is 0.504. The summed E-state index contributed by atoms with van der Waals surface area (Å²) >= 11 is 0. The fraction of sp³-hybridized carbons (Fsp3) is 0.238. The third kappa shape index (κ3) is 4.45. The number of carbonyl (C=O) groups is 1. The minimum Gasteiger partial charge on any atom is -0.423 e. The van der Waals surface area contributed by atoms with Crippen molar-refractivity contribution in [3.63, 3.8) is 0 Å². The van der Waals surface area contributed by atoms with Gasteiger partial charge in [0.25, 0.3) is 0 Å². The Morgan fingerprint density at radius 2 is 2.00 bits per heavy atom. The molecule has 0 aliphatic heterocycles. The lowest BCUT2D eigenvalue weighted by Crippen LogP contribution is -2.34. The number of hydrogen-bond acceptors (Lipinski definition) is 6. The Morgan fingerprint density at radius 3 is 2.71 bits per heavy atom. The Labute approximate surface area is 164 Å². The summed E-state index contributed by atoms with van der Waals surface area (Å²) in [4.78, 5) is 17.0. The van der Waals surface area contributed by atoms with Crippen LogP contribution >= 0.6 is 0 Å². The lowest BCUT2D eigenvalue weighted by Gasteiger charge is -2.17. The summed E-state index contributed by atoms with van der Waals surface area (Å²) in [5.74, 6) is -0.467. The van der Waals surface area contributed by atoms with Gasteiger partial charge < -0.3 is 20.5 Å². The Hall–Kier alpha value is -2.58. The first-order valence-corrected chi connectivity index (χ1v) is 9.06. The van der Waals surface area contributed by atoms with E-state index < -0.39 is 13.0 Å². The van der Waals surface area contributed by atoms with Crippen molar-refractivity contribution in [2.24, 2.45) is 5.73 Å². The number of benzene rings is 2. The van der Waals surface area contributed by atoms with E-state index in [2.05, 4.69) is 4.98 Å². The maximum Gasteiger partial charge on any atom is 0.488 e. The molecule has 0 aliphatic carbocycles. The van der Waals surface area contributed by atoms with Gasteiger partial charge in [0.15, 0.2) is 0 Å². The topological polar surface area (TPSA) is 106 Å². The molecular formula is C21H23BN2O4. The molecule has 0 saturated heterocycles. The molecule has 3 rings (SSSR count). The highest BCUT2D eigenvalue weighted by atomic mass is 16.5. The normalized spacial score (nSPS) is 12.1. The number of methoxy groups -OCH3 is 1. The third-order valence-electron chi connectivity index (χ3n) is 4.86. The standard InChI is InChI=1S/C21H23BN2O4/c1-28-13-18-10-16(4-5-20(18)22(26)27)19(11-23)21(25)9-14-2-3-17-12-24-7-6-15(17)8-14/h2-8,10,12,19,26-27H,9,11,13,23H2,1H3/t19-/m1/s1. The highest BCUT2D eigenvalue weighted by Gasteiger charge is 2.23. The Bertz CT molecular complexity index is 978. The molecule has 0 unspecified atom stereocenters. The number of fused-ring (bicyclic) bond motifs is 1. The molecule has 3 aromatic rings. The Morgan fingerprint density at radius 1 is 1.18 bits per heavy atom. The number of rotatable bonds is 8. The van der Waals surface area contributed by atoms with Crippen molar-refractivity contribution in [3.05, 3.63) is 71.5 Å². The van der Waals surface area contributed by atoms with Gasteiger partial charge in [-0.25, -0.2) is 0 Å². The van der Waals surface area contributed by atoms with E-state index in [-0.39, 0.29) is 25.4 Å². The number of nitrogens with zero attached hydrogens (tertiary/aromatic N) is 1. The molecule has 6 nitrogen and oxygen atoms in total. The highest BCUT2D eigenvalue weighted by Crippen LogP contribution is 2.21. The van der Waals surface area contributed by atoms with E-state index in [1.54, 1.807) is 30.6 Å². The van der Waals surface area contributed by atoms with Crippen molar-refractivity contribution in [3.8, 4) is 0 Å². The zero-order chi connectivity index (χ0) is 20.1. The van der Waals surface area contributed by atoms with Crippen LogP contribution in [-0.2, 0) is 22.6 Å². The summed E-state index contributed by atoms with van der Waals surface area (Å²) < 4.78 is 5.14. The predicted octanol–water partition coefficient (Wildman–Crippen LogP) is 0.915. The number of nitrogens with two attached hydrogens (primary N) is 1. The number of aromatic nitrogens is 1. The number of hydrogen-bond donors (Lipinski definition) is 3. The molecule has 0 radical (unpaired) electrons. The summed E-state index contributed by atoms with van der Waals surface area (Å²) in [7, 11) is -0.0700. The average Bonchev–Trinajstić information content (AvgIpc) is 2.68. The second-order valence-electron chi connectivity index (χ2n) is 6.75. The van der Waals surface area contributed by atoms with Crippen LogP contribution in [-0.4, -0.2) is 41.6 Å². The summed E-state index contributed by atoms with van der Waals surface area (Å²) in [6.45, 7) is 0.384. The van der Waals surface area contributed by atoms with Crippen LogP contribution in [0.5, 0.6) is 0 Å². The molecule has 28 heavy (non-hydrogen) atoms. The number of carbonyl (C=O) groups excluding carboxylic acids is 1. The zero-order valence-electron chi connectivity index (χ0n) is 15.7. The SMILES string of the molecule is COCc1cc([C@@H](CN)C(=O)Cc2ccc3cnccc3c2)ccc1B(O)O. The molecule has 0 amide bonds. The van der Waals surface area contributed by atoms with Gasteiger partial charge in [0.1, 0.15) is 5.78 Å². The van der Waals surface area contributed by atoms with Crippen LogP contribution in [0.1, 0.15) is 22.6 Å². The second kappa shape index (κ2) is 9.08. The van der Waals surface area contributed by atoms with Crippen LogP contribution in [0.4, 0.5) is 0 Å². The van der Waals surface area contributed by atoms with Gasteiger partial charge in [0.2, 0.25) is 0 Å². The molecule has 1 heterocycles. The van der Waals surface area contributed by atoms with Gasteiger partial charge in [0.05, 0.1) is 12.5 Å². The fourth-order valence-electron chi connectivity index (χ4n) is 3.40. The first kappa shape index (κ1) is 20.2. The fourth-order valence-corrected chi connectivity index (χ4v) is 3.40. The van der Waals surface area contributed by atoms with Gasteiger partial charge in [-0.3, -0.25) is 9.78 Å². The van der Waals surface area contributed by atoms with Crippen molar-refractivity contribution >= 4 is 29.1 Å². The minimum atomic E-state index is -1.60. The van der Waals surface area contributed by atoms with E-state index >= 15 is 0 Å². The van der Waals surface area contributed by atoms with Gasteiger partial charge in [-0.05, 0) is 33.6 Å². The van der Waals surface area contributed by atoms with Gasteiger partial charge in [-0.1, -0.05) is 36.4 Å². The highest BCUT2D eigenvalue weighted by molar-refractivity contribution is 6.59. The lowest BCUT2D eigenvalue weighted by molar-refractivity contribution is -0.119. The molecule has 1 aromatic heterocycles. The monoisotopic (exact) mass is 378 g/mol. The van der Waals surface area contributed by atoms with Crippen LogP contribution in [0.25, 0.3) is 10.8 Å². The van der Waals surface area contributed by atoms with Crippen LogP contribution in [0.2, 0.25) is 0 Å². The van der Waals surface area contributed by atoms with Crippen LogP contribution in [0.15, 0.2) is 54.9 Å². The molecular weight excluding hydrogens is 355 g/mol. The number of pyridine rings is 1. The van der Waals surface area contributed by atoms with Gasteiger partial charge in [-0.15, -0.1) is 0 Å². The van der Waals surface area contributed by atoms with Crippen molar-refractivity contribution in [2.45, 2.75) is 18.9 Å². The number of ketones is 1. The summed E-state index contributed by atoms with van der Waals surface area (Å²) in [5.41, 5.74) is 8.56. The zero-order valence-corrected chi connectivity index (χ0v) is 15.7. The maximum atomic E-state index is 12.9. The first-order valence-electron chi connectivity index (χ1n) is 9.06. The van der Waals surface area contributed by atoms with Crippen LogP contribution in [0, 0.1) is 0 Å². The molecule has 1 atom stereocenters. The summed E-state index contributed by atoms with van der Waals surface area (Å²) in [6, 6.07) is 12.9. The number of Topliss-reactive ketones (excluding diaryl/α,β-unsaturated/α-hetero) is 1. The average molecular weight is 378 g/mol. The van der Waals surface area contributed by atoms with E-state index in [9.17, 15) is 14.8 Å². The molecule has 0 saturated carbocycles. The van der Waals surface area contributed by atoms with Crippen molar-refractivity contribution in [1.82, 2.24) is 4.98 Å². The van der Waals surface area contributed by atoms with Crippen molar-refractivity contribution in [1.29, 1.82) is 0 Å². The lowest BCUT2D eigenvalue weighted by atomic mass is 9.75. The van der Waals surface area contributed by atoms with E-state index in [1.807, 2.05) is 24.3 Å². The van der Waals surface area contributed by atoms with E-state index in [0.29, 0.717) is 11.0 Å². The van der Waals surface area contributed by atoms with Crippen LogP contribution in [0.3, 0.4) is 0 Å². The Kier molecular flexibility index (Phi) is 6.54. The molecule has 0 fully saturated rings. The second-order valence-corrected chi connectivity index (χ2v) is 6.75. The first-order chi connectivity index (χ1) is 13.5. The van der Waals surface area contributed by atoms with Gasteiger partial charge >= 0.3 is 7.12 Å². The molecule has 7 heteroatoms. The Balaban J connectivity index is 1.85. The predicted molar refractivity (Wildman–Crippen MR) is 109 cm³/mol. The molecule has 4 N–H and O–H groups in total. The third-order valence-corrected chi connectivity index (χ3v) is 4.86. The summed E-state index contributed by atoms with van der Waals surface area (Å²) in [6.07, 6.45) is 3.79. The van der Waals surface area contributed by atoms with Crippen molar-refractivity contribution < 1.29 is 19.6 Å². The number of ether oxygens (including phenoxy) is 1. The van der Waals surface area contributed by atoms with E-state index in [1.165, 1.54) is 7.11 Å². The smallest absolute Gasteiger partial charge is 0.423 e. The van der Waals surface area contributed by atoms with E-state index in [0.717, 1.165) is 21.9 Å². The van der Waals surface area contributed by atoms with Gasteiger partial charge in [-0.2, -0.15) is 0 Å². The van der Waals surface area contributed by atoms with Gasteiger partial charge in [0, 0.05) is 37.9 Å². The maximum absolute atomic E-state index is 12.9. The minimum absolute atomic E-state index is 0.0107.